The van der Waals surface area contributed by atoms with Gasteiger partial charge in [0.2, 0.25) is 0 Å². The Kier molecular flexibility index (Phi) is 34.7. The predicted molar refractivity (Wildman–Crippen MR) is 246 cm³/mol. The van der Waals surface area contributed by atoms with Gasteiger partial charge in [-0.25, -0.2) is 9.13 Å². The molecule has 1 rings (SSSR count). The molecule has 0 heterocycles. The van der Waals surface area contributed by atoms with Gasteiger partial charge in [-0.05, 0) is 70.1 Å². The zero-order valence-corrected chi connectivity index (χ0v) is 40.2. The van der Waals surface area contributed by atoms with Crippen molar-refractivity contribution in [2.45, 2.75) is 192 Å². The van der Waals surface area contributed by atoms with Crippen LogP contribution < -0.4 is 0 Å². The summed E-state index contributed by atoms with van der Waals surface area (Å²) in [5, 5.41) is 41.1. The number of aliphatic hydroxyl groups is 4. The molecule has 0 aliphatic heterocycles. The summed E-state index contributed by atoms with van der Waals surface area (Å²) in [5.41, 5.74) is 0. The number of phosphoric acid groups is 2. The van der Waals surface area contributed by atoms with Crippen molar-refractivity contribution in [2.75, 3.05) is 26.4 Å². The fraction of sp³-hybridized carbons (Fsp3) is 0.783. The summed E-state index contributed by atoms with van der Waals surface area (Å²) in [5.74, 6) is -1.72. The highest BCUT2D eigenvalue weighted by Gasteiger charge is 2.39. The molecular weight excluding hydrogens is 870 g/mol. The molecule has 1 saturated carbocycles. The molecule has 0 aromatic rings. The number of hydrogen-bond acceptors (Lipinski definition) is 13. The Morgan fingerprint density at radius 3 is 1.88 bits per heavy atom. The van der Waals surface area contributed by atoms with Crippen LogP contribution in [0.25, 0.3) is 0 Å². The van der Waals surface area contributed by atoms with E-state index in [1.807, 2.05) is 18.2 Å². The van der Waals surface area contributed by atoms with Crippen LogP contribution in [0, 0.1) is 11.8 Å². The van der Waals surface area contributed by atoms with Gasteiger partial charge in [-0.1, -0.05) is 127 Å². The first-order chi connectivity index (χ1) is 30.6. The zero-order valence-electron chi connectivity index (χ0n) is 38.5. The van der Waals surface area contributed by atoms with Gasteiger partial charge in [0.15, 0.2) is 6.10 Å². The summed E-state index contributed by atoms with van der Waals surface area (Å²) in [7, 11) is -9.77. The van der Waals surface area contributed by atoms with Crippen LogP contribution in [0.1, 0.15) is 162 Å². The summed E-state index contributed by atoms with van der Waals surface area (Å²) in [6.07, 6.45) is 30.5. The third-order valence-electron chi connectivity index (χ3n) is 10.8. The number of phosphoric ester groups is 2. The Morgan fingerprint density at radius 1 is 0.641 bits per heavy atom. The van der Waals surface area contributed by atoms with Gasteiger partial charge >= 0.3 is 27.6 Å². The third kappa shape index (κ3) is 33.4. The third-order valence-corrected chi connectivity index (χ3v) is 12.2. The highest BCUT2D eigenvalue weighted by Crippen LogP contribution is 2.44. The molecule has 64 heavy (non-hydrogen) atoms. The lowest BCUT2D eigenvalue weighted by molar-refractivity contribution is -0.161. The van der Waals surface area contributed by atoms with Crippen LogP contribution in [0.15, 0.2) is 48.6 Å². The molecule has 372 valence electrons. The number of hydrogen-bond donors (Lipinski definition) is 7. The van der Waals surface area contributed by atoms with Crippen LogP contribution >= 0.6 is 15.6 Å². The second kappa shape index (κ2) is 37.0. The van der Waals surface area contributed by atoms with Gasteiger partial charge in [-0.3, -0.25) is 23.2 Å². The van der Waals surface area contributed by atoms with Crippen LogP contribution in [0.5, 0.6) is 0 Å². The van der Waals surface area contributed by atoms with Gasteiger partial charge in [0.05, 0.1) is 38.1 Å². The average Bonchev–Trinajstić information content (AvgIpc) is 3.51. The molecule has 1 aliphatic rings. The minimum atomic E-state index is -4.90. The highest BCUT2D eigenvalue weighted by atomic mass is 31.2. The van der Waals surface area contributed by atoms with Gasteiger partial charge in [0.25, 0.3) is 0 Å². The van der Waals surface area contributed by atoms with Crippen molar-refractivity contribution in [3.05, 3.63) is 48.6 Å². The molecule has 18 heteroatoms. The van der Waals surface area contributed by atoms with Crippen molar-refractivity contribution < 1.29 is 76.9 Å². The Morgan fingerprint density at radius 2 is 1.20 bits per heavy atom. The smallest absolute Gasteiger partial charge is 0.462 e. The van der Waals surface area contributed by atoms with Crippen molar-refractivity contribution in [1.82, 2.24) is 0 Å². The number of rotatable bonds is 40. The van der Waals surface area contributed by atoms with Crippen LogP contribution in [0.2, 0.25) is 0 Å². The molecule has 0 bridgehead atoms. The zero-order chi connectivity index (χ0) is 47.5. The Balaban J connectivity index is 2.54. The number of unbranched alkanes of at least 4 members (excludes halogenated alkanes) is 13. The molecule has 0 radical (unpaired) electrons. The van der Waals surface area contributed by atoms with E-state index in [2.05, 4.69) is 47.2 Å². The molecule has 0 spiro atoms. The van der Waals surface area contributed by atoms with E-state index in [0.717, 1.165) is 77.0 Å². The maximum atomic E-state index is 12.7. The maximum absolute atomic E-state index is 12.7. The molecule has 0 amide bonds. The lowest BCUT2D eigenvalue weighted by atomic mass is 9.89. The second-order valence-corrected chi connectivity index (χ2v) is 19.3. The first kappa shape index (κ1) is 60.0. The summed E-state index contributed by atoms with van der Waals surface area (Å²) in [4.78, 5) is 53.0. The Labute approximate surface area is 382 Å². The first-order valence-corrected chi connectivity index (χ1v) is 26.6. The van der Waals surface area contributed by atoms with E-state index in [1.54, 1.807) is 6.08 Å². The molecule has 1 fully saturated rings. The quantitative estimate of drug-likeness (QED) is 0.0131. The van der Waals surface area contributed by atoms with Crippen molar-refractivity contribution in [2.24, 2.45) is 11.8 Å². The van der Waals surface area contributed by atoms with E-state index in [0.29, 0.717) is 32.1 Å². The molecule has 0 aromatic carbocycles. The highest BCUT2D eigenvalue weighted by molar-refractivity contribution is 7.47. The predicted octanol–water partition coefficient (Wildman–Crippen LogP) is 8.61. The largest absolute Gasteiger partial charge is 0.472 e. The summed E-state index contributed by atoms with van der Waals surface area (Å²) < 4.78 is 47.8. The lowest BCUT2D eigenvalue weighted by Crippen LogP contribution is -2.30. The molecule has 16 nitrogen and oxygen atoms in total. The fourth-order valence-corrected chi connectivity index (χ4v) is 8.23. The fourth-order valence-electron chi connectivity index (χ4n) is 7.08. The van der Waals surface area contributed by atoms with Gasteiger partial charge < -0.3 is 44.6 Å². The van der Waals surface area contributed by atoms with Gasteiger partial charge in [0.1, 0.15) is 12.7 Å². The molecule has 0 saturated heterocycles. The Bertz CT molecular complexity index is 1430. The first-order valence-electron chi connectivity index (χ1n) is 23.6. The minimum absolute atomic E-state index is 0.0155. The van der Waals surface area contributed by atoms with E-state index in [1.165, 1.54) is 19.3 Å². The summed E-state index contributed by atoms with van der Waals surface area (Å²) in [6, 6.07) is 0. The molecule has 0 aromatic heterocycles. The van der Waals surface area contributed by atoms with Crippen molar-refractivity contribution in [3.63, 3.8) is 0 Å². The normalized spacial score (nSPS) is 20.7. The standard InChI is InChI=1S/C46H82O16P2/c1-3-5-7-8-9-10-11-12-13-14-15-16-17-18-19-20-26-30-46(52)62-40(37-61-64(56,57)60-35-39(48)34-59-63(53,54)55)36-58-45(51)29-25-22-21-24-28-41-42(44(50)33-43(41)49)32-31-38(47)27-23-6-4-2/h9-10,12-13,21,24,31-32,38-44,47-50H,3-8,11,14-20,22-23,25-30,33-37H2,1-2H3,(H,56,57)(H2,53,54,55)/b10-9-,13-12-,24-21+,32-31+/t38-,39-,40+,41+,42+,43-,44+/m0/s1. The number of aliphatic hydroxyl groups excluding tert-OH is 4. The van der Waals surface area contributed by atoms with Crippen molar-refractivity contribution >= 4 is 27.6 Å². The van der Waals surface area contributed by atoms with Crippen LogP contribution in [0.3, 0.4) is 0 Å². The molecule has 8 atom stereocenters. The van der Waals surface area contributed by atoms with Gasteiger partial charge in [0, 0.05) is 25.2 Å². The Hall–Kier alpha value is -2.04. The number of ether oxygens (including phenoxy) is 2. The molecular formula is C46H82O16P2. The van der Waals surface area contributed by atoms with Gasteiger partial charge in [-0.15, -0.1) is 0 Å². The number of allylic oxidation sites excluding steroid dienone is 6. The SMILES string of the molecule is CCCCC/C=C\C/C=C\CCCCCCCCCC(=O)O[C@H](COC(=O)CCC/C=C/C[C@@H]1[C@@H](/C=C/[C@@H](O)CCCCC)[C@H](O)C[C@@H]1O)COP(=O)(O)OC[C@@H](O)COP(=O)(O)O. The second-order valence-electron chi connectivity index (χ2n) is 16.6. The van der Waals surface area contributed by atoms with Crippen LogP contribution in [-0.2, 0) is 41.8 Å². The van der Waals surface area contributed by atoms with Crippen LogP contribution in [-0.4, -0.2) is 104 Å². The summed E-state index contributed by atoms with van der Waals surface area (Å²) in [6.45, 7) is 1.36. The maximum Gasteiger partial charge on any atom is 0.472 e. The number of carbonyl (C=O) groups excluding carboxylic acids is 2. The van der Waals surface area contributed by atoms with Crippen molar-refractivity contribution in [3.8, 4) is 0 Å². The van der Waals surface area contributed by atoms with E-state index in [4.69, 9.17) is 23.8 Å². The van der Waals surface area contributed by atoms with Crippen molar-refractivity contribution in [1.29, 1.82) is 0 Å². The van der Waals surface area contributed by atoms with E-state index in [-0.39, 0.29) is 31.1 Å². The average molecular weight is 953 g/mol. The molecule has 7 N–H and O–H groups in total. The van der Waals surface area contributed by atoms with E-state index in [9.17, 15) is 44.0 Å². The van der Waals surface area contributed by atoms with E-state index >= 15 is 0 Å². The van der Waals surface area contributed by atoms with Gasteiger partial charge in [-0.2, -0.15) is 0 Å². The van der Waals surface area contributed by atoms with E-state index < -0.39 is 84.5 Å². The number of esters is 2. The summed E-state index contributed by atoms with van der Waals surface area (Å²) >= 11 is 0. The molecule has 1 aliphatic carbocycles. The minimum Gasteiger partial charge on any atom is -0.462 e. The van der Waals surface area contributed by atoms with Crippen LogP contribution in [0.4, 0.5) is 0 Å². The lowest BCUT2D eigenvalue weighted by Gasteiger charge is -2.20. The monoisotopic (exact) mass is 953 g/mol. The number of carbonyl (C=O) groups is 2. The topological polar surface area (TPSA) is 256 Å². The molecule has 1 unspecified atom stereocenters.